The Morgan fingerprint density at radius 1 is 1.13 bits per heavy atom. The fraction of sp³-hybridized carbons (Fsp3) is 0.417. The molecule has 2 aromatic rings. The molecule has 0 aromatic heterocycles. The summed E-state index contributed by atoms with van der Waals surface area (Å²) in [5.41, 5.74) is 3.16. The number of anilines is 1. The Balaban J connectivity index is 1.89. The number of carbonyl (C=O) groups is 2. The maximum absolute atomic E-state index is 12.6. The lowest BCUT2D eigenvalue weighted by atomic mass is 9.95. The third kappa shape index (κ3) is 6.88. The van der Waals surface area contributed by atoms with Gasteiger partial charge in [-0.05, 0) is 24.1 Å². The Morgan fingerprint density at radius 2 is 1.83 bits per heavy atom. The van der Waals surface area contributed by atoms with E-state index in [2.05, 4.69) is 55.7 Å². The van der Waals surface area contributed by atoms with E-state index in [0.29, 0.717) is 23.9 Å². The number of benzene rings is 2. The number of ether oxygens (including phenoxy) is 1. The number of aryl methyl sites for hydroxylation is 1. The van der Waals surface area contributed by atoms with Gasteiger partial charge in [0.1, 0.15) is 11.8 Å². The van der Waals surface area contributed by atoms with Crippen molar-refractivity contribution in [1.29, 1.82) is 0 Å². The minimum atomic E-state index is -0.241. The van der Waals surface area contributed by atoms with Gasteiger partial charge in [-0.25, -0.2) is 0 Å². The molecule has 0 aliphatic heterocycles. The minimum absolute atomic E-state index is 0.00141. The molecule has 6 heteroatoms. The van der Waals surface area contributed by atoms with Crippen LogP contribution in [0.4, 0.5) is 5.69 Å². The molecule has 2 aromatic carbocycles. The van der Waals surface area contributed by atoms with Crippen molar-refractivity contribution < 1.29 is 19.6 Å². The molecule has 0 radical (unpaired) electrons. The summed E-state index contributed by atoms with van der Waals surface area (Å²) in [5.74, 6) is 0.728. The van der Waals surface area contributed by atoms with Crippen molar-refractivity contribution in [3.63, 3.8) is 0 Å². The predicted octanol–water partition coefficient (Wildman–Crippen LogP) is 2.62. The number of hydrogen-bond acceptors (Lipinski definition) is 3. The molecule has 0 heterocycles. The van der Waals surface area contributed by atoms with Crippen LogP contribution in [0.15, 0.2) is 48.5 Å². The molecule has 162 valence electrons. The number of nitrogens with two attached hydrogens (primary N) is 1. The number of hydrogen-bond donors (Lipinski definition) is 2. The zero-order valence-corrected chi connectivity index (χ0v) is 18.6. The average molecular weight is 413 g/mol. The predicted molar refractivity (Wildman–Crippen MR) is 119 cm³/mol. The maximum atomic E-state index is 12.6. The number of nitrogens with one attached hydrogen (secondary N) is 1. The fourth-order valence-electron chi connectivity index (χ4n) is 3.36. The number of carbonyl (C=O) groups excluding carboxylic acids is 2. The van der Waals surface area contributed by atoms with E-state index in [1.807, 2.05) is 6.07 Å². The second-order valence-electron chi connectivity index (χ2n) is 7.83. The first-order chi connectivity index (χ1) is 14.3. The summed E-state index contributed by atoms with van der Waals surface area (Å²) < 4.78 is 5.16. The molecule has 0 fully saturated rings. The van der Waals surface area contributed by atoms with E-state index in [-0.39, 0.29) is 24.4 Å². The van der Waals surface area contributed by atoms with Crippen molar-refractivity contribution in [2.24, 2.45) is 5.92 Å². The largest absolute Gasteiger partial charge is 0.497 e. The van der Waals surface area contributed by atoms with Gasteiger partial charge in [-0.3, -0.25) is 9.59 Å². The third-order valence-electron chi connectivity index (χ3n) is 5.20. The molecule has 0 saturated heterocycles. The van der Waals surface area contributed by atoms with E-state index >= 15 is 0 Å². The van der Waals surface area contributed by atoms with Gasteiger partial charge < -0.3 is 20.3 Å². The van der Waals surface area contributed by atoms with Crippen LogP contribution in [0.5, 0.6) is 5.75 Å². The zero-order valence-electron chi connectivity index (χ0n) is 18.6. The van der Waals surface area contributed by atoms with Gasteiger partial charge in [-0.2, -0.15) is 0 Å². The molecule has 2 amide bonds. The summed E-state index contributed by atoms with van der Waals surface area (Å²) >= 11 is 0. The van der Waals surface area contributed by atoms with Crippen LogP contribution in [-0.2, 0) is 16.0 Å². The highest BCUT2D eigenvalue weighted by Crippen LogP contribution is 2.18. The van der Waals surface area contributed by atoms with Gasteiger partial charge in [0.2, 0.25) is 5.91 Å². The SMILES string of the molecule is CCc1ccc([C@@H]([NH2+]CC(=O)N(C)CC(=O)Nc2cccc(OC)c2)C(C)C)cc1. The van der Waals surface area contributed by atoms with Gasteiger partial charge >= 0.3 is 0 Å². The van der Waals surface area contributed by atoms with Crippen LogP contribution in [0, 0.1) is 5.92 Å². The summed E-state index contributed by atoms with van der Waals surface area (Å²) in [7, 11) is 3.23. The second-order valence-corrected chi connectivity index (χ2v) is 7.83. The Bertz CT molecular complexity index is 834. The van der Waals surface area contributed by atoms with Gasteiger partial charge in [-0.15, -0.1) is 0 Å². The Morgan fingerprint density at radius 3 is 2.43 bits per heavy atom. The minimum Gasteiger partial charge on any atom is -0.497 e. The van der Waals surface area contributed by atoms with Gasteiger partial charge in [0.05, 0.1) is 13.7 Å². The van der Waals surface area contributed by atoms with E-state index in [1.54, 1.807) is 32.4 Å². The first-order valence-electron chi connectivity index (χ1n) is 10.4. The van der Waals surface area contributed by atoms with Gasteiger partial charge in [-0.1, -0.05) is 51.1 Å². The van der Waals surface area contributed by atoms with Gasteiger partial charge in [0.25, 0.3) is 5.91 Å². The van der Waals surface area contributed by atoms with Crippen LogP contribution < -0.4 is 15.4 Å². The molecule has 0 bridgehead atoms. The molecular weight excluding hydrogens is 378 g/mol. The monoisotopic (exact) mass is 412 g/mol. The number of rotatable bonds is 10. The van der Waals surface area contributed by atoms with Crippen LogP contribution in [0.1, 0.15) is 37.9 Å². The van der Waals surface area contributed by atoms with E-state index in [0.717, 1.165) is 6.42 Å². The van der Waals surface area contributed by atoms with Gasteiger partial charge in [0.15, 0.2) is 6.54 Å². The van der Waals surface area contributed by atoms with Crippen molar-refractivity contribution in [2.75, 3.05) is 32.6 Å². The topological polar surface area (TPSA) is 75.2 Å². The molecule has 0 aliphatic carbocycles. The van der Waals surface area contributed by atoms with E-state index < -0.39 is 0 Å². The van der Waals surface area contributed by atoms with Crippen LogP contribution >= 0.6 is 0 Å². The standard InChI is InChI=1S/C24H33N3O3/c1-6-18-10-12-19(13-11-18)24(17(2)3)25-15-23(29)27(4)16-22(28)26-20-8-7-9-21(14-20)30-5/h7-14,17,24-25H,6,15-16H2,1-5H3,(H,26,28)/p+1/t24-/m0/s1. The smallest absolute Gasteiger partial charge is 0.277 e. The van der Waals surface area contributed by atoms with E-state index in [1.165, 1.54) is 16.0 Å². The molecule has 1 atom stereocenters. The molecule has 3 N–H and O–H groups in total. The molecule has 2 rings (SSSR count). The normalized spacial score (nSPS) is 11.8. The number of likely N-dealkylation sites (N-methyl/N-ethyl adjacent to an activating group) is 1. The number of quaternary nitrogens is 1. The highest BCUT2D eigenvalue weighted by molar-refractivity contribution is 5.94. The van der Waals surface area contributed by atoms with Crippen molar-refractivity contribution in [3.8, 4) is 5.75 Å². The van der Waals surface area contributed by atoms with Crippen LogP contribution in [0.25, 0.3) is 0 Å². The highest BCUT2D eigenvalue weighted by Gasteiger charge is 2.22. The van der Waals surface area contributed by atoms with Gasteiger partial charge in [0, 0.05) is 30.3 Å². The quantitative estimate of drug-likeness (QED) is 0.630. The molecular formula is C24H34N3O3+. The summed E-state index contributed by atoms with van der Waals surface area (Å²) in [5, 5.41) is 4.86. The number of nitrogens with zero attached hydrogens (tertiary/aromatic N) is 1. The number of methoxy groups -OCH3 is 1. The molecule has 6 nitrogen and oxygen atoms in total. The lowest BCUT2D eigenvalue weighted by Gasteiger charge is -2.22. The summed E-state index contributed by atoms with van der Waals surface area (Å²) in [4.78, 5) is 26.3. The Hall–Kier alpha value is -2.86. The third-order valence-corrected chi connectivity index (χ3v) is 5.20. The van der Waals surface area contributed by atoms with Crippen molar-refractivity contribution in [1.82, 2.24) is 4.90 Å². The van der Waals surface area contributed by atoms with E-state index in [4.69, 9.17) is 4.74 Å². The van der Waals surface area contributed by atoms with Crippen LogP contribution in [0.3, 0.4) is 0 Å². The lowest BCUT2D eigenvalue weighted by Crippen LogP contribution is -2.88. The Kier molecular flexibility index (Phi) is 8.87. The maximum Gasteiger partial charge on any atom is 0.277 e. The fourth-order valence-corrected chi connectivity index (χ4v) is 3.36. The van der Waals surface area contributed by atoms with Crippen molar-refractivity contribution >= 4 is 17.5 Å². The van der Waals surface area contributed by atoms with Crippen LogP contribution in [-0.4, -0.2) is 44.0 Å². The molecule has 0 aliphatic rings. The average Bonchev–Trinajstić information content (AvgIpc) is 2.73. The first kappa shape index (κ1) is 23.4. The Labute approximate surface area is 179 Å². The molecule has 0 saturated carbocycles. The number of amides is 2. The summed E-state index contributed by atoms with van der Waals surface area (Å²) in [6.45, 7) is 6.75. The summed E-state index contributed by atoms with van der Waals surface area (Å²) in [6, 6.07) is 15.9. The molecule has 30 heavy (non-hydrogen) atoms. The highest BCUT2D eigenvalue weighted by atomic mass is 16.5. The zero-order chi connectivity index (χ0) is 22.1. The molecule has 0 spiro atoms. The van der Waals surface area contributed by atoms with Crippen molar-refractivity contribution in [3.05, 3.63) is 59.7 Å². The van der Waals surface area contributed by atoms with Crippen molar-refractivity contribution in [2.45, 2.75) is 33.2 Å². The summed E-state index contributed by atoms with van der Waals surface area (Å²) in [6.07, 6.45) is 1.01. The lowest BCUT2D eigenvalue weighted by molar-refractivity contribution is -0.692. The van der Waals surface area contributed by atoms with E-state index in [9.17, 15) is 9.59 Å². The second kappa shape index (κ2) is 11.4. The molecule has 0 unspecified atom stereocenters. The first-order valence-corrected chi connectivity index (χ1v) is 10.4. The van der Waals surface area contributed by atoms with Crippen LogP contribution in [0.2, 0.25) is 0 Å².